The van der Waals surface area contributed by atoms with E-state index in [0.29, 0.717) is 28.6 Å². The normalized spacial score (nSPS) is 12.8. The lowest BCUT2D eigenvalue weighted by Crippen LogP contribution is -2.34. The van der Waals surface area contributed by atoms with Gasteiger partial charge in [0.2, 0.25) is 5.91 Å². The van der Waals surface area contributed by atoms with E-state index in [-0.39, 0.29) is 23.4 Å². The van der Waals surface area contributed by atoms with Gasteiger partial charge in [-0.3, -0.25) is 4.79 Å². The lowest BCUT2D eigenvalue weighted by atomic mass is 9.95. The van der Waals surface area contributed by atoms with Crippen LogP contribution in [0.1, 0.15) is 52.5 Å². The Balaban J connectivity index is 1.64. The van der Waals surface area contributed by atoms with E-state index >= 15 is 0 Å². The summed E-state index contributed by atoms with van der Waals surface area (Å²) in [4.78, 5) is 26.0. The van der Waals surface area contributed by atoms with Crippen molar-refractivity contribution in [2.75, 3.05) is 11.9 Å². The van der Waals surface area contributed by atoms with Crippen LogP contribution in [0.25, 0.3) is 0 Å². The molecule has 1 aliphatic rings. The number of hydrogen-bond acceptors (Lipinski definition) is 5. The monoisotopic (exact) mass is 450 g/mol. The SMILES string of the molecule is CCOC(=O)c1c(NC(=S)NC(=O)CCc2ccccc2Cl)sc2c1CCCC2. The van der Waals surface area contributed by atoms with Crippen LogP contribution in [0.4, 0.5) is 5.00 Å². The van der Waals surface area contributed by atoms with E-state index in [1.807, 2.05) is 18.2 Å². The lowest BCUT2D eigenvalue weighted by Gasteiger charge is -2.13. The number of carbonyl (C=O) groups is 2. The van der Waals surface area contributed by atoms with Crippen LogP contribution >= 0.6 is 35.2 Å². The number of thiophene rings is 1. The zero-order valence-electron chi connectivity index (χ0n) is 16.2. The highest BCUT2D eigenvalue weighted by Gasteiger charge is 2.26. The molecule has 1 heterocycles. The number of nitrogens with one attached hydrogen (secondary N) is 2. The third kappa shape index (κ3) is 5.56. The molecule has 5 nitrogen and oxygen atoms in total. The molecule has 1 aromatic heterocycles. The van der Waals surface area contributed by atoms with Crippen LogP contribution in [-0.4, -0.2) is 23.6 Å². The Labute approximate surface area is 184 Å². The molecule has 0 aliphatic heterocycles. The van der Waals surface area contributed by atoms with Gasteiger partial charge in [-0.2, -0.15) is 0 Å². The zero-order valence-corrected chi connectivity index (χ0v) is 18.6. The van der Waals surface area contributed by atoms with Crippen molar-refractivity contribution in [3.05, 3.63) is 50.9 Å². The van der Waals surface area contributed by atoms with Crippen LogP contribution in [0.15, 0.2) is 24.3 Å². The summed E-state index contributed by atoms with van der Waals surface area (Å²) in [6.45, 7) is 2.10. The highest BCUT2D eigenvalue weighted by atomic mass is 35.5. The minimum atomic E-state index is -0.345. The molecule has 1 aromatic carbocycles. The van der Waals surface area contributed by atoms with E-state index in [4.69, 9.17) is 28.6 Å². The van der Waals surface area contributed by atoms with Gasteiger partial charge in [0.25, 0.3) is 0 Å². The van der Waals surface area contributed by atoms with Gasteiger partial charge in [0.15, 0.2) is 5.11 Å². The number of amides is 1. The maximum absolute atomic E-state index is 12.5. The first kappa shape index (κ1) is 21.7. The summed E-state index contributed by atoms with van der Waals surface area (Å²) in [6, 6.07) is 7.44. The van der Waals surface area contributed by atoms with E-state index in [0.717, 1.165) is 36.8 Å². The van der Waals surface area contributed by atoms with Crippen molar-refractivity contribution in [2.24, 2.45) is 0 Å². The summed E-state index contributed by atoms with van der Waals surface area (Å²) in [5, 5.41) is 7.20. The second-order valence-electron chi connectivity index (χ2n) is 6.73. The molecule has 0 saturated carbocycles. The molecule has 0 fully saturated rings. The van der Waals surface area contributed by atoms with Gasteiger partial charge in [-0.05, 0) is 68.4 Å². The Morgan fingerprint density at radius 2 is 2.00 bits per heavy atom. The molecule has 0 unspecified atom stereocenters. The van der Waals surface area contributed by atoms with Crippen molar-refractivity contribution in [1.82, 2.24) is 5.32 Å². The van der Waals surface area contributed by atoms with Crippen molar-refractivity contribution in [3.63, 3.8) is 0 Å². The van der Waals surface area contributed by atoms with E-state index in [9.17, 15) is 9.59 Å². The molecule has 1 amide bonds. The fourth-order valence-corrected chi connectivity index (χ4v) is 5.14. The van der Waals surface area contributed by atoms with Gasteiger partial charge in [-0.25, -0.2) is 4.79 Å². The van der Waals surface area contributed by atoms with E-state index in [1.54, 1.807) is 13.0 Å². The molecule has 3 rings (SSSR count). The molecular formula is C21H23ClN2O3S2. The minimum absolute atomic E-state index is 0.179. The molecule has 0 spiro atoms. The molecule has 2 aromatic rings. The summed E-state index contributed by atoms with van der Waals surface area (Å²) in [6.07, 6.45) is 4.76. The first-order chi connectivity index (χ1) is 14.0. The number of halogens is 1. The second kappa shape index (κ2) is 10.2. The number of fused-ring (bicyclic) bond motifs is 1. The van der Waals surface area contributed by atoms with Crippen molar-refractivity contribution in [3.8, 4) is 0 Å². The summed E-state index contributed by atoms with van der Waals surface area (Å²) in [7, 11) is 0. The van der Waals surface area contributed by atoms with E-state index < -0.39 is 0 Å². The third-order valence-electron chi connectivity index (χ3n) is 4.71. The predicted octanol–water partition coefficient (Wildman–Crippen LogP) is 4.90. The van der Waals surface area contributed by atoms with Crippen molar-refractivity contribution >= 4 is 57.1 Å². The third-order valence-corrected chi connectivity index (χ3v) is 6.49. The Bertz CT molecular complexity index is 927. The zero-order chi connectivity index (χ0) is 20.8. The van der Waals surface area contributed by atoms with E-state index in [2.05, 4.69) is 10.6 Å². The Hall–Kier alpha value is -1.96. The molecule has 0 bridgehead atoms. The van der Waals surface area contributed by atoms with Gasteiger partial charge in [0.1, 0.15) is 5.00 Å². The molecule has 29 heavy (non-hydrogen) atoms. The number of carbonyl (C=O) groups excluding carboxylic acids is 2. The highest BCUT2D eigenvalue weighted by Crippen LogP contribution is 2.38. The number of thiocarbonyl (C=S) groups is 1. The Kier molecular flexibility index (Phi) is 7.64. The summed E-state index contributed by atoms with van der Waals surface area (Å²) in [5.41, 5.74) is 2.52. The standard InChI is InChI=1S/C21H23ClN2O3S2/c1-2-27-20(26)18-14-8-4-6-10-16(14)29-19(18)24-21(28)23-17(25)12-11-13-7-3-5-9-15(13)22/h3,5,7,9H,2,4,6,8,10-12H2,1H3,(H2,23,24,25,28). The van der Waals surface area contributed by atoms with Crippen LogP contribution < -0.4 is 10.6 Å². The first-order valence-corrected chi connectivity index (χ1v) is 11.3. The number of aryl methyl sites for hydroxylation is 2. The topological polar surface area (TPSA) is 67.4 Å². The largest absolute Gasteiger partial charge is 0.462 e. The summed E-state index contributed by atoms with van der Waals surface area (Å²) >= 11 is 13.0. The molecule has 154 valence electrons. The van der Waals surface area contributed by atoms with Crippen molar-refractivity contribution < 1.29 is 14.3 Å². The smallest absolute Gasteiger partial charge is 0.341 e. The number of hydrogen-bond donors (Lipinski definition) is 2. The van der Waals surface area contributed by atoms with Gasteiger partial charge in [0.05, 0.1) is 12.2 Å². The maximum atomic E-state index is 12.5. The van der Waals surface area contributed by atoms with E-state index in [1.165, 1.54) is 16.2 Å². The predicted molar refractivity (Wildman–Crippen MR) is 121 cm³/mol. The first-order valence-electron chi connectivity index (χ1n) is 9.65. The van der Waals surface area contributed by atoms with Crippen molar-refractivity contribution in [2.45, 2.75) is 45.4 Å². The maximum Gasteiger partial charge on any atom is 0.341 e. The fourth-order valence-electron chi connectivity index (χ4n) is 3.35. The molecule has 0 saturated heterocycles. The molecule has 1 aliphatic carbocycles. The fraction of sp³-hybridized carbons (Fsp3) is 0.381. The van der Waals surface area contributed by atoms with Crippen LogP contribution in [-0.2, 0) is 28.8 Å². The molecule has 8 heteroatoms. The van der Waals surface area contributed by atoms with Gasteiger partial charge < -0.3 is 15.4 Å². The summed E-state index contributed by atoms with van der Waals surface area (Å²) < 4.78 is 5.24. The molecular weight excluding hydrogens is 428 g/mol. The van der Waals surface area contributed by atoms with Gasteiger partial charge in [-0.15, -0.1) is 11.3 Å². The second-order valence-corrected chi connectivity index (χ2v) is 8.65. The average molecular weight is 451 g/mol. The van der Waals surface area contributed by atoms with Crippen LogP contribution in [0, 0.1) is 0 Å². The quantitative estimate of drug-likeness (QED) is 0.483. The van der Waals surface area contributed by atoms with Crippen LogP contribution in [0.3, 0.4) is 0 Å². The van der Waals surface area contributed by atoms with Gasteiger partial charge in [0, 0.05) is 16.3 Å². The highest BCUT2D eigenvalue weighted by molar-refractivity contribution is 7.80. The average Bonchev–Trinajstić information content (AvgIpc) is 3.05. The number of rotatable bonds is 6. The van der Waals surface area contributed by atoms with Crippen LogP contribution in [0.5, 0.6) is 0 Å². The molecule has 0 radical (unpaired) electrons. The van der Waals surface area contributed by atoms with Crippen molar-refractivity contribution in [1.29, 1.82) is 0 Å². The number of benzene rings is 1. The lowest BCUT2D eigenvalue weighted by molar-refractivity contribution is -0.119. The van der Waals surface area contributed by atoms with Gasteiger partial charge >= 0.3 is 5.97 Å². The Morgan fingerprint density at radius 1 is 1.24 bits per heavy atom. The summed E-state index contributed by atoms with van der Waals surface area (Å²) in [5.74, 6) is -0.552. The minimum Gasteiger partial charge on any atom is -0.462 e. The van der Waals surface area contributed by atoms with Crippen LogP contribution in [0.2, 0.25) is 5.02 Å². The number of ether oxygens (including phenoxy) is 1. The number of esters is 1. The van der Waals surface area contributed by atoms with Gasteiger partial charge in [-0.1, -0.05) is 29.8 Å². The number of anilines is 1. The molecule has 2 N–H and O–H groups in total. The Morgan fingerprint density at radius 3 is 2.76 bits per heavy atom. The molecule has 0 atom stereocenters.